The Morgan fingerprint density at radius 1 is 0.931 bits per heavy atom. The van der Waals surface area contributed by atoms with E-state index >= 15 is 0 Å². The molecule has 0 radical (unpaired) electrons. The van der Waals surface area contributed by atoms with Crippen LogP contribution in [0.5, 0.6) is 0 Å². The third-order valence-electron chi connectivity index (χ3n) is 4.62. The van der Waals surface area contributed by atoms with Gasteiger partial charge in [0.15, 0.2) is 0 Å². The number of benzene rings is 2. The molecular weight excluding hydrogens is 362 g/mol. The second-order valence-corrected chi connectivity index (χ2v) is 7.25. The van der Waals surface area contributed by atoms with Gasteiger partial charge in [-0.25, -0.2) is 0 Å². The summed E-state index contributed by atoms with van der Waals surface area (Å²) in [4.78, 5) is 31.0. The van der Waals surface area contributed by atoms with Crippen molar-refractivity contribution in [1.29, 1.82) is 0 Å². The van der Waals surface area contributed by atoms with Crippen LogP contribution in [0, 0.1) is 13.8 Å². The highest BCUT2D eigenvalue weighted by Crippen LogP contribution is 2.11. The van der Waals surface area contributed by atoms with Gasteiger partial charge in [-0.05, 0) is 37.1 Å². The van der Waals surface area contributed by atoms with E-state index in [1.807, 2.05) is 56.3 Å². The highest BCUT2D eigenvalue weighted by atomic mass is 16.2. The van der Waals surface area contributed by atoms with Crippen molar-refractivity contribution in [2.24, 2.45) is 0 Å². The fourth-order valence-electron chi connectivity index (χ4n) is 3.16. The molecule has 5 nitrogen and oxygen atoms in total. The summed E-state index contributed by atoms with van der Waals surface area (Å²) in [5.41, 5.74) is 5.04. The van der Waals surface area contributed by atoms with E-state index in [2.05, 4.69) is 16.4 Å². The molecule has 148 valence electrons. The van der Waals surface area contributed by atoms with Crippen LogP contribution in [0.1, 0.15) is 43.1 Å². The first-order valence-electron chi connectivity index (χ1n) is 9.53. The lowest BCUT2D eigenvalue weighted by Gasteiger charge is -2.18. The molecule has 1 N–H and O–H groups in total. The standard InChI is InChI=1S/C24H25N3O2/c1-17-6-4-8-19(12-17)15-26-23(28)22-14-21(10-11-25-22)24(29)27(3)16-20-9-5-7-18(2)13-20/h4-14H,15-16H2,1-3H3,(H,26,28). The number of aryl methyl sites for hydroxylation is 2. The van der Waals surface area contributed by atoms with Crippen molar-refractivity contribution in [3.05, 3.63) is 100 Å². The largest absolute Gasteiger partial charge is 0.347 e. The SMILES string of the molecule is Cc1cccc(CNC(=O)c2cc(C(=O)N(C)Cc3cccc(C)c3)ccn2)c1. The summed E-state index contributed by atoms with van der Waals surface area (Å²) >= 11 is 0. The van der Waals surface area contributed by atoms with E-state index in [1.54, 1.807) is 24.1 Å². The summed E-state index contributed by atoms with van der Waals surface area (Å²) in [6.45, 7) is 4.94. The predicted molar refractivity (Wildman–Crippen MR) is 114 cm³/mol. The Labute approximate surface area is 171 Å². The van der Waals surface area contributed by atoms with Crippen LogP contribution in [0.2, 0.25) is 0 Å². The lowest BCUT2D eigenvalue weighted by atomic mass is 10.1. The second kappa shape index (κ2) is 9.15. The number of pyridine rings is 1. The van der Waals surface area contributed by atoms with Crippen molar-refractivity contribution in [3.63, 3.8) is 0 Å². The zero-order valence-corrected chi connectivity index (χ0v) is 17.0. The van der Waals surface area contributed by atoms with Gasteiger partial charge in [0.25, 0.3) is 11.8 Å². The maximum atomic E-state index is 12.8. The Hall–Kier alpha value is -3.47. The van der Waals surface area contributed by atoms with Crippen LogP contribution in [0.15, 0.2) is 66.9 Å². The van der Waals surface area contributed by atoms with E-state index < -0.39 is 0 Å². The molecular formula is C24H25N3O2. The average Bonchev–Trinajstić information content (AvgIpc) is 2.71. The average molecular weight is 387 g/mol. The molecule has 0 aliphatic rings. The van der Waals surface area contributed by atoms with Crippen LogP contribution in [0.3, 0.4) is 0 Å². The topological polar surface area (TPSA) is 62.3 Å². The number of carbonyl (C=O) groups is 2. The fourth-order valence-corrected chi connectivity index (χ4v) is 3.16. The van der Waals surface area contributed by atoms with Gasteiger partial charge in [-0.3, -0.25) is 14.6 Å². The maximum absolute atomic E-state index is 12.8. The molecule has 0 unspecified atom stereocenters. The normalized spacial score (nSPS) is 10.4. The monoisotopic (exact) mass is 387 g/mol. The Balaban J connectivity index is 1.66. The number of hydrogen-bond acceptors (Lipinski definition) is 3. The smallest absolute Gasteiger partial charge is 0.270 e. The summed E-state index contributed by atoms with van der Waals surface area (Å²) < 4.78 is 0. The minimum Gasteiger partial charge on any atom is -0.347 e. The lowest BCUT2D eigenvalue weighted by Crippen LogP contribution is -2.28. The van der Waals surface area contributed by atoms with E-state index in [4.69, 9.17) is 0 Å². The molecule has 3 aromatic rings. The van der Waals surface area contributed by atoms with E-state index in [0.717, 1.165) is 22.3 Å². The lowest BCUT2D eigenvalue weighted by molar-refractivity contribution is 0.0785. The number of nitrogens with zero attached hydrogens (tertiary/aromatic N) is 2. The van der Waals surface area contributed by atoms with Crippen molar-refractivity contribution in [2.75, 3.05) is 7.05 Å². The van der Waals surface area contributed by atoms with Gasteiger partial charge < -0.3 is 10.2 Å². The van der Waals surface area contributed by atoms with E-state index in [-0.39, 0.29) is 17.5 Å². The number of rotatable bonds is 6. The molecule has 0 saturated heterocycles. The zero-order chi connectivity index (χ0) is 20.8. The summed E-state index contributed by atoms with van der Waals surface area (Å²) in [5.74, 6) is -0.455. The van der Waals surface area contributed by atoms with Gasteiger partial charge >= 0.3 is 0 Å². The van der Waals surface area contributed by atoms with Crippen molar-refractivity contribution in [1.82, 2.24) is 15.2 Å². The Bertz CT molecular complexity index is 1030. The molecule has 3 rings (SSSR count). The molecule has 1 heterocycles. The molecule has 0 aliphatic carbocycles. The predicted octanol–water partition coefficient (Wildman–Crippen LogP) is 3.90. The number of hydrogen-bond donors (Lipinski definition) is 1. The highest BCUT2D eigenvalue weighted by Gasteiger charge is 2.15. The molecule has 0 saturated carbocycles. The minimum absolute atomic E-state index is 0.151. The first kappa shape index (κ1) is 20.3. The number of carbonyl (C=O) groups excluding carboxylic acids is 2. The molecule has 1 aromatic heterocycles. The van der Waals surface area contributed by atoms with Gasteiger partial charge in [-0.1, -0.05) is 59.7 Å². The number of aromatic nitrogens is 1. The summed E-state index contributed by atoms with van der Waals surface area (Å²) in [7, 11) is 1.75. The minimum atomic E-state index is -0.303. The molecule has 0 bridgehead atoms. The Kier molecular flexibility index (Phi) is 6.39. The van der Waals surface area contributed by atoms with Gasteiger partial charge in [-0.2, -0.15) is 0 Å². The maximum Gasteiger partial charge on any atom is 0.270 e. The van der Waals surface area contributed by atoms with Gasteiger partial charge in [0, 0.05) is 31.9 Å². The summed E-state index contributed by atoms with van der Waals surface area (Å²) in [6.07, 6.45) is 1.50. The molecule has 0 atom stereocenters. The molecule has 0 aliphatic heterocycles. The Morgan fingerprint density at radius 2 is 1.59 bits per heavy atom. The Morgan fingerprint density at radius 3 is 2.28 bits per heavy atom. The molecule has 0 fully saturated rings. The quantitative estimate of drug-likeness (QED) is 0.698. The van der Waals surface area contributed by atoms with Gasteiger partial charge in [-0.15, -0.1) is 0 Å². The molecule has 29 heavy (non-hydrogen) atoms. The van der Waals surface area contributed by atoms with Gasteiger partial charge in [0.2, 0.25) is 0 Å². The van der Waals surface area contributed by atoms with Crippen molar-refractivity contribution in [3.8, 4) is 0 Å². The van der Waals surface area contributed by atoms with Crippen molar-refractivity contribution >= 4 is 11.8 Å². The van der Waals surface area contributed by atoms with Gasteiger partial charge in [0.05, 0.1) is 0 Å². The van der Waals surface area contributed by atoms with Crippen molar-refractivity contribution in [2.45, 2.75) is 26.9 Å². The van der Waals surface area contributed by atoms with Crippen LogP contribution < -0.4 is 5.32 Å². The van der Waals surface area contributed by atoms with Crippen LogP contribution in [0.25, 0.3) is 0 Å². The molecule has 5 heteroatoms. The van der Waals surface area contributed by atoms with Crippen LogP contribution in [-0.4, -0.2) is 28.7 Å². The third-order valence-corrected chi connectivity index (χ3v) is 4.62. The number of nitrogens with one attached hydrogen (secondary N) is 1. The summed E-state index contributed by atoms with van der Waals surface area (Å²) in [6, 6.07) is 19.2. The summed E-state index contributed by atoms with van der Waals surface area (Å²) in [5, 5.41) is 2.86. The van der Waals surface area contributed by atoms with Crippen LogP contribution in [0.4, 0.5) is 0 Å². The van der Waals surface area contributed by atoms with E-state index in [9.17, 15) is 9.59 Å². The second-order valence-electron chi connectivity index (χ2n) is 7.25. The van der Waals surface area contributed by atoms with Crippen LogP contribution >= 0.6 is 0 Å². The zero-order valence-electron chi connectivity index (χ0n) is 17.0. The van der Waals surface area contributed by atoms with Gasteiger partial charge in [0.1, 0.15) is 5.69 Å². The first-order chi connectivity index (χ1) is 13.9. The van der Waals surface area contributed by atoms with E-state index in [1.165, 1.54) is 6.20 Å². The molecule has 0 spiro atoms. The van der Waals surface area contributed by atoms with E-state index in [0.29, 0.717) is 18.7 Å². The molecule has 2 aromatic carbocycles. The van der Waals surface area contributed by atoms with Crippen molar-refractivity contribution < 1.29 is 9.59 Å². The van der Waals surface area contributed by atoms with Crippen LogP contribution in [-0.2, 0) is 13.1 Å². The highest BCUT2D eigenvalue weighted by molar-refractivity contribution is 5.98. The molecule has 2 amide bonds. The third kappa shape index (κ3) is 5.51. The fraction of sp³-hybridized carbons (Fsp3) is 0.208. The number of amides is 2. The first-order valence-corrected chi connectivity index (χ1v) is 9.53.